The molecule has 0 aromatic carbocycles. The van der Waals surface area contributed by atoms with Gasteiger partial charge in [0.1, 0.15) is 0 Å². The summed E-state index contributed by atoms with van der Waals surface area (Å²) < 4.78 is 17.4. The second-order valence-corrected chi connectivity index (χ2v) is 7.70. The van der Waals surface area contributed by atoms with E-state index in [0.717, 1.165) is 12.5 Å². The van der Waals surface area contributed by atoms with Crippen molar-refractivity contribution < 1.29 is 72.4 Å². The third-order valence-electron chi connectivity index (χ3n) is 2.63. The Labute approximate surface area is 200 Å². The van der Waals surface area contributed by atoms with Gasteiger partial charge in [-0.1, -0.05) is 0 Å². The van der Waals surface area contributed by atoms with E-state index in [-0.39, 0.29) is 69.4 Å². The molecule has 0 amide bonds. The molecule has 7 nitrogen and oxygen atoms in total. The normalized spacial score (nSPS) is 10.6. The number of aromatic nitrogens is 3. The predicted molar refractivity (Wildman–Crippen MR) is 89.6 cm³/mol. The van der Waals surface area contributed by atoms with Crippen LogP contribution < -0.4 is 64.4 Å². The molecule has 0 fully saturated rings. The second-order valence-electron chi connectivity index (χ2n) is 4.24. The summed E-state index contributed by atoms with van der Waals surface area (Å²) in [6.07, 6.45) is 0.803. The third kappa shape index (κ3) is 10.5. The minimum absolute atomic E-state index is 0. The van der Waals surface area contributed by atoms with Crippen LogP contribution in [0.25, 0.3) is 0 Å². The van der Waals surface area contributed by atoms with Crippen molar-refractivity contribution in [1.29, 1.82) is 0 Å². The monoisotopic (exact) mass is 408 g/mol. The Balaban J connectivity index is 0. The van der Waals surface area contributed by atoms with Crippen molar-refractivity contribution in [3.63, 3.8) is 0 Å². The van der Waals surface area contributed by atoms with Gasteiger partial charge in [0.05, 0.1) is 0 Å². The Morgan fingerprint density at radius 3 is 1.75 bits per heavy atom. The number of anilines is 1. The number of hydrogen-bond acceptors (Lipinski definition) is 9. The van der Waals surface area contributed by atoms with E-state index in [2.05, 4.69) is 20.3 Å². The Kier molecular flexibility index (Phi) is 17.7. The van der Waals surface area contributed by atoms with Crippen LogP contribution >= 0.6 is 0 Å². The first kappa shape index (κ1) is 27.6. The maximum atomic E-state index is 5.79. The third-order valence-corrected chi connectivity index (χ3v) is 6.15. The van der Waals surface area contributed by atoms with Gasteiger partial charge in [-0.15, -0.1) is 0 Å². The molecule has 12 heteroatoms. The smallest absolute Gasteiger partial charge is 0.740 e. The van der Waals surface area contributed by atoms with Gasteiger partial charge in [-0.3, -0.25) is 4.98 Å². The van der Waals surface area contributed by atoms with Gasteiger partial charge in [-0.2, -0.15) is 0 Å². The molecule has 0 atom stereocenters. The summed E-state index contributed by atoms with van der Waals surface area (Å²) in [5.74, 6) is 0.404. The van der Waals surface area contributed by atoms with Crippen molar-refractivity contribution in [2.75, 3.05) is 31.7 Å². The van der Waals surface area contributed by atoms with Crippen molar-refractivity contribution in [2.45, 2.75) is 43.5 Å². The minimum atomic E-state index is -2.59. The molecular formula is C12H22N4Na2O3S2Si. The molecule has 0 aliphatic heterocycles. The molecule has 0 saturated heterocycles. The quantitative estimate of drug-likeness (QED) is 0.222. The second kappa shape index (κ2) is 15.4. The fourth-order valence-corrected chi connectivity index (χ4v) is 4.94. The standard InChI is InChI=1S/C12H24N4O3S2Si.2Na/c1-4-17-22(18-5-2,19-6-3)9-7-8-13-10-14-11(20)16-12(21)15-10;;/h4-9H2,1-3H3,(H3,13,14,15,16,20,21);;/q;2*+1/p-2. The van der Waals surface area contributed by atoms with Crippen LogP contribution in [0, 0.1) is 0 Å². The summed E-state index contributed by atoms with van der Waals surface area (Å²) >= 11 is 9.81. The first-order valence-electron chi connectivity index (χ1n) is 7.31. The average Bonchev–Trinajstić information content (AvgIpc) is 2.43. The summed E-state index contributed by atoms with van der Waals surface area (Å²) in [6.45, 7) is 8.20. The topological polar surface area (TPSA) is 78.4 Å². The van der Waals surface area contributed by atoms with Gasteiger partial charge < -0.3 is 43.9 Å². The molecule has 0 spiro atoms. The van der Waals surface area contributed by atoms with Gasteiger partial charge in [-0.05, 0) is 27.2 Å². The van der Waals surface area contributed by atoms with E-state index in [9.17, 15) is 0 Å². The van der Waals surface area contributed by atoms with E-state index in [0.29, 0.717) is 32.3 Å². The van der Waals surface area contributed by atoms with Gasteiger partial charge >= 0.3 is 67.9 Å². The van der Waals surface area contributed by atoms with Crippen LogP contribution in [0.15, 0.2) is 10.3 Å². The molecule has 0 bridgehead atoms. The molecule has 0 saturated carbocycles. The molecule has 1 rings (SSSR count). The summed E-state index contributed by atoms with van der Waals surface area (Å²) in [7, 11) is -2.59. The molecule has 1 heterocycles. The van der Waals surface area contributed by atoms with Crippen molar-refractivity contribution in [3.8, 4) is 0 Å². The van der Waals surface area contributed by atoms with E-state index in [4.69, 9.17) is 38.5 Å². The average molecular weight is 409 g/mol. The maximum absolute atomic E-state index is 5.79. The summed E-state index contributed by atoms with van der Waals surface area (Å²) in [4.78, 5) is 11.8. The van der Waals surface area contributed by atoms with Crippen LogP contribution in [0.4, 0.5) is 5.95 Å². The molecule has 1 N–H and O–H groups in total. The van der Waals surface area contributed by atoms with Crippen LogP contribution in [-0.4, -0.2) is 50.1 Å². The first-order valence-corrected chi connectivity index (χ1v) is 10.1. The van der Waals surface area contributed by atoms with E-state index in [1.54, 1.807) is 0 Å². The molecule has 1 aromatic heterocycles. The van der Waals surface area contributed by atoms with E-state index in [1.165, 1.54) is 0 Å². The van der Waals surface area contributed by atoms with Crippen molar-refractivity contribution in [2.24, 2.45) is 0 Å². The number of hydrogen-bond donors (Lipinski definition) is 1. The zero-order chi connectivity index (χ0) is 16.4. The van der Waals surface area contributed by atoms with Gasteiger partial charge in [0.25, 0.3) is 0 Å². The Bertz CT molecular complexity index is 429. The number of nitrogens with zero attached hydrogens (tertiary/aromatic N) is 3. The van der Waals surface area contributed by atoms with Crippen LogP contribution in [0.2, 0.25) is 6.04 Å². The van der Waals surface area contributed by atoms with Crippen molar-refractivity contribution in [3.05, 3.63) is 0 Å². The SMILES string of the molecule is CCO[Si](CCCNc1nc([S-])nc([S-])n1)(OCC)OCC.[Na+].[Na+]. The van der Waals surface area contributed by atoms with Crippen LogP contribution in [0.1, 0.15) is 27.2 Å². The van der Waals surface area contributed by atoms with E-state index >= 15 is 0 Å². The Morgan fingerprint density at radius 1 is 0.875 bits per heavy atom. The van der Waals surface area contributed by atoms with Crippen LogP contribution in [0.3, 0.4) is 0 Å². The molecule has 0 radical (unpaired) electrons. The largest absolute Gasteiger partial charge is 1.00 e. The van der Waals surface area contributed by atoms with Crippen molar-refractivity contribution >= 4 is 40.0 Å². The molecule has 24 heavy (non-hydrogen) atoms. The number of rotatable bonds is 11. The van der Waals surface area contributed by atoms with Gasteiger partial charge in [-0.25, -0.2) is 9.97 Å². The molecule has 0 unspecified atom stereocenters. The zero-order valence-electron chi connectivity index (χ0n) is 15.1. The van der Waals surface area contributed by atoms with Gasteiger partial charge in [0.15, 0.2) is 0 Å². The van der Waals surface area contributed by atoms with Gasteiger partial charge in [0.2, 0.25) is 5.95 Å². The number of nitrogens with one attached hydrogen (secondary N) is 1. The summed E-state index contributed by atoms with van der Waals surface area (Å²) in [5, 5.41) is 3.48. The minimum Gasteiger partial charge on any atom is -0.740 e. The van der Waals surface area contributed by atoms with E-state index < -0.39 is 8.80 Å². The van der Waals surface area contributed by atoms with Gasteiger partial charge in [0, 0.05) is 42.7 Å². The summed E-state index contributed by atoms with van der Waals surface area (Å²) in [5.41, 5.74) is 0. The fraction of sp³-hybridized carbons (Fsp3) is 0.750. The fourth-order valence-electron chi connectivity index (χ4n) is 1.92. The van der Waals surface area contributed by atoms with Crippen LogP contribution in [-0.2, 0) is 38.5 Å². The maximum Gasteiger partial charge on any atom is 1.00 e. The first-order chi connectivity index (χ1) is 10.5. The zero-order valence-corrected chi connectivity index (χ0v) is 21.8. The molecular weight excluding hydrogens is 386 g/mol. The van der Waals surface area contributed by atoms with Crippen LogP contribution in [0.5, 0.6) is 0 Å². The molecule has 0 aliphatic carbocycles. The Morgan fingerprint density at radius 2 is 1.33 bits per heavy atom. The van der Waals surface area contributed by atoms with Crippen molar-refractivity contribution in [1.82, 2.24) is 15.0 Å². The predicted octanol–water partition coefficient (Wildman–Crippen LogP) is -4.46. The molecule has 1 aromatic rings. The van der Waals surface area contributed by atoms with E-state index in [1.807, 2.05) is 20.8 Å². The molecule has 0 aliphatic rings. The Hall–Kier alpha value is 1.35. The molecule has 126 valence electrons. The summed E-state index contributed by atoms with van der Waals surface area (Å²) in [6, 6.07) is 0.724.